The summed E-state index contributed by atoms with van der Waals surface area (Å²) in [5, 5.41) is 0. The molecule has 4 nitrogen and oxygen atoms in total. The van der Waals surface area contributed by atoms with Crippen LogP contribution in [-0.2, 0) is 4.79 Å². The first-order chi connectivity index (χ1) is 12.7. The van der Waals surface area contributed by atoms with Gasteiger partial charge in [0, 0.05) is 42.4 Å². The Balaban J connectivity index is 1.37. The van der Waals surface area contributed by atoms with Crippen molar-refractivity contribution in [2.75, 3.05) is 18.8 Å². The third kappa shape index (κ3) is 3.78. The molecule has 0 aliphatic carbocycles. The standard InChI is InChI=1S/C21H22N2O2S/c24-20(16-26-18-7-12-22-13-8-18)23-14-3-9-21(11-15-23)10-6-17-4-1-2-5-19(17)25-21/h1-2,4-8,10,12-13H,3,9,11,14-16H2/t21-/m1/s1. The Morgan fingerprint density at radius 3 is 2.88 bits per heavy atom. The number of thioether (sulfide) groups is 1. The number of nitrogens with zero attached hydrogens (tertiary/aromatic N) is 2. The van der Waals surface area contributed by atoms with Gasteiger partial charge in [-0.2, -0.15) is 0 Å². The topological polar surface area (TPSA) is 42.4 Å². The number of likely N-dealkylation sites (tertiary alicyclic amines) is 1. The molecule has 1 atom stereocenters. The first kappa shape index (κ1) is 17.2. The molecule has 3 heterocycles. The molecule has 2 aliphatic heterocycles. The lowest BCUT2D eigenvalue weighted by molar-refractivity contribution is -0.128. The molecule has 1 aromatic heterocycles. The number of pyridine rings is 1. The zero-order chi connectivity index (χ0) is 17.8. The van der Waals surface area contributed by atoms with E-state index in [1.54, 1.807) is 24.2 Å². The fourth-order valence-corrected chi connectivity index (χ4v) is 4.31. The van der Waals surface area contributed by atoms with E-state index in [9.17, 15) is 4.79 Å². The first-order valence-corrected chi connectivity index (χ1v) is 10.0. The van der Waals surface area contributed by atoms with Gasteiger partial charge >= 0.3 is 0 Å². The summed E-state index contributed by atoms with van der Waals surface area (Å²) in [7, 11) is 0. The number of fused-ring (bicyclic) bond motifs is 1. The van der Waals surface area contributed by atoms with Gasteiger partial charge in [0.2, 0.25) is 5.91 Å². The minimum absolute atomic E-state index is 0.198. The molecule has 0 bridgehead atoms. The van der Waals surface area contributed by atoms with Gasteiger partial charge in [0.25, 0.3) is 0 Å². The summed E-state index contributed by atoms with van der Waals surface area (Å²) in [6, 6.07) is 12.0. The van der Waals surface area contributed by atoms with E-state index in [0.29, 0.717) is 5.75 Å². The molecule has 0 radical (unpaired) electrons. The van der Waals surface area contributed by atoms with Crippen LogP contribution in [0.25, 0.3) is 6.08 Å². The molecule has 1 fully saturated rings. The van der Waals surface area contributed by atoms with Gasteiger partial charge in [0.1, 0.15) is 11.4 Å². The average molecular weight is 366 g/mol. The molecular weight excluding hydrogens is 344 g/mol. The Morgan fingerprint density at radius 2 is 2.00 bits per heavy atom. The van der Waals surface area contributed by atoms with Gasteiger partial charge < -0.3 is 9.64 Å². The number of hydrogen-bond acceptors (Lipinski definition) is 4. The third-order valence-electron chi connectivity index (χ3n) is 5.00. The highest BCUT2D eigenvalue weighted by Gasteiger charge is 2.35. The second-order valence-corrected chi connectivity index (χ2v) is 7.79. The van der Waals surface area contributed by atoms with Crippen LogP contribution in [0.15, 0.2) is 59.8 Å². The summed E-state index contributed by atoms with van der Waals surface area (Å²) in [6.45, 7) is 1.54. The summed E-state index contributed by atoms with van der Waals surface area (Å²) in [4.78, 5) is 19.7. The summed E-state index contributed by atoms with van der Waals surface area (Å²) >= 11 is 1.57. The molecule has 4 rings (SSSR count). The minimum Gasteiger partial charge on any atom is -0.483 e. The maximum Gasteiger partial charge on any atom is 0.232 e. The van der Waals surface area contributed by atoms with Crippen LogP contribution in [0.3, 0.4) is 0 Å². The molecule has 1 saturated heterocycles. The van der Waals surface area contributed by atoms with E-state index in [0.717, 1.165) is 48.6 Å². The van der Waals surface area contributed by atoms with Gasteiger partial charge in [-0.15, -0.1) is 11.8 Å². The lowest BCUT2D eigenvalue weighted by Crippen LogP contribution is -2.38. The molecule has 134 valence electrons. The van der Waals surface area contributed by atoms with Crippen molar-refractivity contribution in [1.82, 2.24) is 9.88 Å². The van der Waals surface area contributed by atoms with Crippen molar-refractivity contribution in [1.29, 1.82) is 0 Å². The van der Waals surface area contributed by atoms with Crippen LogP contribution in [0.1, 0.15) is 24.8 Å². The molecule has 5 heteroatoms. The van der Waals surface area contributed by atoms with Crippen molar-refractivity contribution in [3.8, 4) is 5.75 Å². The lowest BCUT2D eigenvalue weighted by atomic mass is 9.91. The summed E-state index contributed by atoms with van der Waals surface area (Å²) in [5.74, 6) is 1.61. The SMILES string of the molecule is O=C(CSc1ccncc1)N1CCC[C@@]2(C=Cc3ccccc3O2)CC1. The molecule has 1 spiro atoms. The number of ether oxygens (including phenoxy) is 1. The van der Waals surface area contributed by atoms with Crippen LogP contribution in [0, 0.1) is 0 Å². The van der Waals surface area contributed by atoms with Gasteiger partial charge in [0.05, 0.1) is 5.75 Å². The third-order valence-corrected chi connectivity index (χ3v) is 5.99. The molecule has 1 amide bonds. The number of amides is 1. The van der Waals surface area contributed by atoms with Crippen LogP contribution in [-0.4, -0.2) is 40.2 Å². The highest BCUT2D eigenvalue weighted by Crippen LogP contribution is 2.37. The van der Waals surface area contributed by atoms with Crippen LogP contribution in [0.2, 0.25) is 0 Å². The van der Waals surface area contributed by atoms with Gasteiger partial charge in [-0.1, -0.05) is 24.3 Å². The Kier molecular flexibility index (Phi) is 4.98. The van der Waals surface area contributed by atoms with Crippen molar-refractivity contribution in [2.45, 2.75) is 29.8 Å². The maximum absolute atomic E-state index is 12.6. The predicted molar refractivity (Wildman–Crippen MR) is 104 cm³/mol. The van der Waals surface area contributed by atoms with Crippen molar-refractivity contribution in [2.24, 2.45) is 0 Å². The predicted octanol–water partition coefficient (Wildman–Crippen LogP) is 4.03. The van der Waals surface area contributed by atoms with E-state index in [2.05, 4.69) is 23.2 Å². The summed E-state index contributed by atoms with van der Waals surface area (Å²) in [5.41, 5.74) is 0.853. The summed E-state index contributed by atoms with van der Waals surface area (Å²) in [6.07, 6.45) is 10.6. The number of carbonyl (C=O) groups excluding carboxylic acids is 1. The number of carbonyl (C=O) groups is 1. The molecule has 0 unspecified atom stereocenters. The van der Waals surface area contributed by atoms with Crippen molar-refractivity contribution >= 4 is 23.7 Å². The van der Waals surface area contributed by atoms with E-state index in [1.807, 2.05) is 35.2 Å². The smallest absolute Gasteiger partial charge is 0.232 e. The van der Waals surface area contributed by atoms with Crippen molar-refractivity contribution < 1.29 is 9.53 Å². The Bertz CT molecular complexity index is 809. The maximum atomic E-state index is 12.6. The van der Waals surface area contributed by atoms with Crippen LogP contribution in [0.4, 0.5) is 0 Å². The number of benzene rings is 1. The normalized spacial score (nSPS) is 21.8. The molecule has 0 N–H and O–H groups in total. The fraction of sp³-hybridized carbons (Fsp3) is 0.333. The quantitative estimate of drug-likeness (QED) is 0.769. The zero-order valence-corrected chi connectivity index (χ0v) is 15.5. The van der Waals surface area contributed by atoms with Crippen LogP contribution < -0.4 is 4.74 Å². The van der Waals surface area contributed by atoms with Gasteiger partial charge in [-0.05, 0) is 37.1 Å². The lowest BCUT2D eigenvalue weighted by Gasteiger charge is -2.34. The van der Waals surface area contributed by atoms with E-state index in [1.165, 1.54) is 0 Å². The molecule has 2 aromatic rings. The minimum atomic E-state index is -0.276. The Morgan fingerprint density at radius 1 is 1.15 bits per heavy atom. The van der Waals surface area contributed by atoms with Gasteiger partial charge in [-0.3, -0.25) is 9.78 Å². The Labute approximate surface area is 158 Å². The van der Waals surface area contributed by atoms with E-state index in [-0.39, 0.29) is 11.5 Å². The van der Waals surface area contributed by atoms with Crippen molar-refractivity contribution in [3.63, 3.8) is 0 Å². The number of para-hydroxylation sites is 1. The molecule has 1 aromatic carbocycles. The molecule has 26 heavy (non-hydrogen) atoms. The second-order valence-electron chi connectivity index (χ2n) is 6.74. The molecule has 2 aliphatic rings. The van der Waals surface area contributed by atoms with Gasteiger partial charge in [-0.25, -0.2) is 0 Å². The zero-order valence-electron chi connectivity index (χ0n) is 14.6. The van der Waals surface area contributed by atoms with Gasteiger partial charge in [0.15, 0.2) is 0 Å². The summed E-state index contributed by atoms with van der Waals surface area (Å²) < 4.78 is 6.36. The molecular formula is C21H22N2O2S. The first-order valence-electron chi connectivity index (χ1n) is 9.02. The monoisotopic (exact) mass is 366 g/mol. The highest BCUT2D eigenvalue weighted by atomic mass is 32.2. The molecule has 0 saturated carbocycles. The highest BCUT2D eigenvalue weighted by molar-refractivity contribution is 8.00. The largest absolute Gasteiger partial charge is 0.483 e. The van der Waals surface area contributed by atoms with E-state index >= 15 is 0 Å². The van der Waals surface area contributed by atoms with E-state index < -0.39 is 0 Å². The number of aromatic nitrogens is 1. The fourth-order valence-electron chi connectivity index (χ4n) is 3.52. The number of hydrogen-bond donors (Lipinski definition) is 0. The van der Waals surface area contributed by atoms with Crippen molar-refractivity contribution in [3.05, 3.63) is 60.4 Å². The Hall–Kier alpha value is -2.27. The number of rotatable bonds is 3. The van der Waals surface area contributed by atoms with Crippen LogP contribution in [0.5, 0.6) is 5.75 Å². The van der Waals surface area contributed by atoms with Crippen LogP contribution >= 0.6 is 11.8 Å². The average Bonchev–Trinajstić information content (AvgIpc) is 2.89. The van der Waals surface area contributed by atoms with E-state index in [4.69, 9.17) is 4.74 Å². The second kappa shape index (κ2) is 7.54.